The van der Waals surface area contributed by atoms with E-state index in [0.29, 0.717) is 12.1 Å². The van der Waals surface area contributed by atoms with Crippen LogP contribution in [0.2, 0.25) is 0 Å². The summed E-state index contributed by atoms with van der Waals surface area (Å²) in [6.07, 6.45) is 7.70. The molecule has 1 saturated heterocycles. The van der Waals surface area contributed by atoms with E-state index in [1.165, 1.54) is 42.4 Å². The average Bonchev–Trinajstić information content (AvgIpc) is 2.49. The summed E-state index contributed by atoms with van der Waals surface area (Å²) in [5, 5.41) is 3.72. The Bertz CT molecular complexity index is 424. The first-order chi connectivity index (χ1) is 10.2. The molecule has 1 aliphatic heterocycles. The van der Waals surface area contributed by atoms with Crippen molar-refractivity contribution in [3.8, 4) is 0 Å². The second-order valence-electron chi connectivity index (χ2n) is 6.50. The molecule has 1 N–H and O–H groups in total. The maximum atomic E-state index is 5.93. The first-order valence-electron chi connectivity index (χ1n) is 8.60. The van der Waals surface area contributed by atoms with Gasteiger partial charge in [-0.15, -0.1) is 0 Å². The molecule has 0 aromatic heterocycles. The summed E-state index contributed by atoms with van der Waals surface area (Å²) < 4.78 is 5.93. The van der Waals surface area contributed by atoms with E-state index in [9.17, 15) is 0 Å². The van der Waals surface area contributed by atoms with Crippen LogP contribution in [-0.4, -0.2) is 25.3 Å². The normalized spacial score (nSPS) is 20.4. The molecule has 2 nitrogen and oxygen atoms in total. The van der Waals surface area contributed by atoms with E-state index in [1.807, 2.05) is 0 Å². The van der Waals surface area contributed by atoms with Crippen molar-refractivity contribution >= 4 is 0 Å². The Hall–Kier alpha value is -0.860. The van der Waals surface area contributed by atoms with Crippen LogP contribution < -0.4 is 5.32 Å². The molecular formula is C19H31NO. The van der Waals surface area contributed by atoms with Gasteiger partial charge in [-0.1, -0.05) is 25.1 Å². The van der Waals surface area contributed by atoms with Crippen LogP contribution in [0.3, 0.4) is 0 Å². The number of aryl methyl sites for hydroxylation is 2. The van der Waals surface area contributed by atoms with Gasteiger partial charge in [-0.05, 0) is 75.6 Å². The van der Waals surface area contributed by atoms with E-state index in [2.05, 4.69) is 44.3 Å². The topological polar surface area (TPSA) is 21.3 Å². The molecule has 118 valence electrons. The van der Waals surface area contributed by atoms with Crippen molar-refractivity contribution in [2.24, 2.45) is 0 Å². The lowest BCUT2D eigenvalue weighted by molar-refractivity contribution is 0.00526. The minimum atomic E-state index is 0.458. The third-order valence-electron chi connectivity index (χ3n) is 4.56. The first-order valence-corrected chi connectivity index (χ1v) is 8.60. The summed E-state index contributed by atoms with van der Waals surface area (Å²) in [5.74, 6) is 0. The van der Waals surface area contributed by atoms with E-state index in [4.69, 9.17) is 4.74 Å². The van der Waals surface area contributed by atoms with Crippen LogP contribution in [0, 0.1) is 13.8 Å². The second-order valence-corrected chi connectivity index (χ2v) is 6.50. The maximum Gasteiger partial charge on any atom is 0.0590 e. The van der Waals surface area contributed by atoms with Crippen LogP contribution in [-0.2, 0) is 11.2 Å². The lowest BCUT2D eigenvalue weighted by atomic mass is 9.95. The molecule has 2 unspecified atom stereocenters. The van der Waals surface area contributed by atoms with E-state index in [0.717, 1.165) is 26.0 Å². The summed E-state index contributed by atoms with van der Waals surface area (Å²) in [7, 11) is 0. The standard InChI is InChI=1S/C19H31NO/c1-4-10-20-18(14-19-7-5-6-11-21-19)13-17-9-8-15(2)16(3)12-17/h8-9,12,18-20H,4-7,10-11,13-14H2,1-3H3. The van der Waals surface area contributed by atoms with E-state index in [1.54, 1.807) is 0 Å². The Labute approximate surface area is 130 Å². The predicted octanol–water partition coefficient (Wildman–Crippen LogP) is 4.17. The number of nitrogens with one attached hydrogen (secondary N) is 1. The molecule has 0 aliphatic carbocycles. The summed E-state index contributed by atoms with van der Waals surface area (Å²) in [6, 6.07) is 7.41. The van der Waals surface area contributed by atoms with Crippen molar-refractivity contribution < 1.29 is 4.74 Å². The fraction of sp³-hybridized carbons (Fsp3) is 0.684. The average molecular weight is 289 g/mol. The molecule has 0 amide bonds. The van der Waals surface area contributed by atoms with Crippen LogP contribution in [0.4, 0.5) is 0 Å². The Morgan fingerprint density at radius 3 is 2.76 bits per heavy atom. The van der Waals surface area contributed by atoms with Gasteiger partial charge in [0.2, 0.25) is 0 Å². The van der Waals surface area contributed by atoms with Crippen LogP contribution in [0.1, 0.15) is 55.7 Å². The van der Waals surface area contributed by atoms with Crippen LogP contribution in [0.15, 0.2) is 18.2 Å². The molecule has 0 radical (unpaired) electrons. The number of benzene rings is 1. The molecule has 2 heteroatoms. The van der Waals surface area contributed by atoms with Gasteiger partial charge in [0.1, 0.15) is 0 Å². The number of rotatable bonds is 7. The lowest BCUT2D eigenvalue weighted by Gasteiger charge is -2.28. The Kier molecular flexibility index (Phi) is 6.72. The monoisotopic (exact) mass is 289 g/mol. The molecule has 21 heavy (non-hydrogen) atoms. The molecular weight excluding hydrogens is 258 g/mol. The molecule has 2 rings (SSSR count). The van der Waals surface area contributed by atoms with Crippen molar-refractivity contribution in [2.45, 2.75) is 71.4 Å². The molecule has 0 bridgehead atoms. The molecule has 1 fully saturated rings. The first kappa shape index (κ1) is 16.5. The van der Waals surface area contributed by atoms with Gasteiger partial charge in [0.05, 0.1) is 6.10 Å². The van der Waals surface area contributed by atoms with Crippen molar-refractivity contribution in [3.63, 3.8) is 0 Å². The Morgan fingerprint density at radius 1 is 1.24 bits per heavy atom. The lowest BCUT2D eigenvalue weighted by Crippen LogP contribution is -2.36. The molecule has 1 aromatic carbocycles. The number of hydrogen-bond acceptors (Lipinski definition) is 2. The zero-order valence-electron chi connectivity index (χ0n) is 14.0. The smallest absolute Gasteiger partial charge is 0.0590 e. The summed E-state index contributed by atoms with van der Waals surface area (Å²) >= 11 is 0. The predicted molar refractivity (Wildman–Crippen MR) is 89.9 cm³/mol. The van der Waals surface area contributed by atoms with Gasteiger partial charge < -0.3 is 10.1 Å². The summed E-state index contributed by atoms with van der Waals surface area (Å²) in [5.41, 5.74) is 4.23. The largest absolute Gasteiger partial charge is 0.378 e. The SMILES string of the molecule is CCCNC(Cc1ccc(C)c(C)c1)CC1CCCCO1. The highest BCUT2D eigenvalue weighted by atomic mass is 16.5. The number of ether oxygens (including phenoxy) is 1. The third-order valence-corrected chi connectivity index (χ3v) is 4.56. The highest BCUT2D eigenvalue weighted by Crippen LogP contribution is 2.19. The fourth-order valence-corrected chi connectivity index (χ4v) is 3.11. The van der Waals surface area contributed by atoms with Crippen LogP contribution in [0.25, 0.3) is 0 Å². The quantitative estimate of drug-likeness (QED) is 0.813. The van der Waals surface area contributed by atoms with Crippen molar-refractivity contribution in [3.05, 3.63) is 34.9 Å². The molecule has 2 atom stereocenters. The van der Waals surface area contributed by atoms with E-state index in [-0.39, 0.29) is 0 Å². The van der Waals surface area contributed by atoms with Gasteiger partial charge in [-0.25, -0.2) is 0 Å². The van der Waals surface area contributed by atoms with Gasteiger partial charge in [-0.2, -0.15) is 0 Å². The van der Waals surface area contributed by atoms with Gasteiger partial charge in [-0.3, -0.25) is 0 Å². The van der Waals surface area contributed by atoms with E-state index >= 15 is 0 Å². The molecule has 1 aliphatic rings. The Morgan fingerprint density at radius 2 is 2.10 bits per heavy atom. The zero-order chi connectivity index (χ0) is 15.1. The molecule has 0 saturated carbocycles. The highest BCUT2D eigenvalue weighted by molar-refractivity contribution is 5.30. The molecule has 1 heterocycles. The third kappa shape index (κ3) is 5.44. The Balaban J connectivity index is 1.95. The van der Waals surface area contributed by atoms with E-state index < -0.39 is 0 Å². The minimum absolute atomic E-state index is 0.458. The van der Waals surface area contributed by atoms with Crippen LogP contribution in [0.5, 0.6) is 0 Å². The maximum absolute atomic E-state index is 5.93. The van der Waals surface area contributed by atoms with Gasteiger partial charge in [0, 0.05) is 12.6 Å². The molecule has 0 spiro atoms. The van der Waals surface area contributed by atoms with Gasteiger partial charge in [0.15, 0.2) is 0 Å². The second kappa shape index (κ2) is 8.55. The fourth-order valence-electron chi connectivity index (χ4n) is 3.11. The minimum Gasteiger partial charge on any atom is -0.378 e. The number of hydrogen-bond donors (Lipinski definition) is 1. The van der Waals surface area contributed by atoms with Gasteiger partial charge in [0.25, 0.3) is 0 Å². The summed E-state index contributed by atoms with van der Waals surface area (Å²) in [6.45, 7) is 8.67. The molecule has 1 aromatic rings. The van der Waals surface area contributed by atoms with Crippen molar-refractivity contribution in [2.75, 3.05) is 13.2 Å². The van der Waals surface area contributed by atoms with Crippen LogP contribution >= 0.6 is 0 Å². The van der Waals surface area contributed by atoms with Crippen molar-refractivity contribution in [1.82, 2.24) is 5.32 Å². The van der Waals surface area contributed by atoms with Gasteiger partial charge >= 0.3 is 0 Å². The highest BCUT2D eigenvalue weighted by Gasteiger charge is 2.19. The zero-order valence-corrected chi connectivity index (χ0v) is 14.0. The summed E-state index contributed by atoms with van der Waals surface area (Å²) in [4.78, 5) is 0. The van der Waals surface area contributed by atoms with Crippen molar-refractivity contribution in [1.29, 1.82) is 0 Å².